The van der Waals surface area contributed by atoms with Gasteiger partial charge in [0.05, 0.1) is 26.3 Å². The first-order valence-corrected chi connectivity index (χ1v) is 19.9. The monoisotopic (exact) mass is 788 g/mol. The van der Waals surface area contributed by atoms with E-state index in [1.165, 1.54) is 14.2 Å². The van der Waals surface area contributed by atoms with E-state index >= 15 is 0 Å². The van der Waals surface area contributed by atoms with Crippen molar-refractivity contribution in [2.75, 3.05) is 27.4 Å². The molecule has 4 aromatic rings. The molecule has 2 saturated heterocycles. The van der Waals surface area contributed by atoms with Gasteiger partial charge in [0.25, 0.3) is 11.1 Å². The van der Waals surface area contributed by atoms with E-state index in [4.69, 9.17) is 9.47 Å². The molecule has 0 spiro atoms. The Labute approximate surface area is 338 Å². The number of esters is 2. The van der Waals surface area contributed by atoms with E-state index in [-0.39, 0.29) is 72.0 Å². The Morgan fingerprint density at radius 1 is 0.621 bits per heavy atom. The van der Waals surface area contributed by atoms with Crippen LogP contribution in [0.25, 0.3) is 12.2 Å². The number of hydrogen-bond donors (Lipinski definition) is 2. The highest BCUT2D eigenvalue weighted by atomic mass is 16.5. The molecule has 6 heterocycles. The van der Waals surface area contributed by atoms with Gasteiger partial charge in [-0.3, -0.25) is 29.0 Å². The highest BCUT2D eigenvalue weighted by Gasteiger charge is 2.57. The summed E-state index contributed by atoms with van der Waals surface area (Å²) in [6.07, 6.45) is 7.33. The molecule has 304 valence electrons. The van der Waals surface area contributed by atoms with Gasteiger partial charge < -0.3 is 28.8 Å². The van der Waals surface area contributed by atoms with E-state index in [2.05, 4.69) is 9.80 Å². The van der Waals surface area contributed by atoms with E-state index in [0.717, 1.165) is 22.5 Å². The molecule has 4 aliphatic rings. The maximum Gasteiger partial charge on any atom is 0.323 e. The summed E-state index contributed by atoms with van der Waals surface area (Å²) in [5.41, 5.74) is 5.19. The third kappa shape index (κ3) is 7.30. The second-order valence-corrected chi connectivity index (χ2v) is 15.4. The van der Waals surface area contributed by atoms with Crippen molar-refractivity contribution in [2.24, 2.45) is 23.7 Å². The van der Waals surface area contributed by atoms with Gasteiger partial charge in [0.15, 0.2) is 0 Å². The summed E-state index contributed by atoms with van der Waals surface area (Å²) < 4.78 is 13.8. The van der Waals surface area contributed by atoms with Crippen LogP contribution in [0.5, 0.6) is 0 Å². The number of aromatic nitrogens is 2. The number of nitrogens with zero attached hydrogens (tertiary/aromatic N) is 4. The fourth-order valence-electron chi connectivity index (χ4n) is 9.98. The molecule has 58 heavy (non-hydrogen) atoms. The zero-order valence-corrected chi connectivity index (χ0v) is 33.4. The number of likely N-dealkylation sites (tertiary alicyclic amines) is 2. The van der Waals surface area contributed by atoms with Crippen molar-refractivity contribution in [3.63, 3.8) is 0 Å². The summed E-state index contributed by atoms with van der Waals surface area (Å²) in [4.78, 5) is 55.5. The summed E-state index contributed by atoms with van der Waals surface area (Å²) in [6.45, 7) is 5.59. The predicted molar refractivity (Wildman–Crippen MR) is 220 cm³/mol. The van der Waals surface area contributed by atoms with Crippen LogP contribution in [0, 0.1) is 23.7 Å². The number of methoxy groups -OCH3 is 2. The SMILES string of the molecule is C/C=C/c1ccc2n(c1=O)C[C@@H]1[C@@H](CO)[C@H](C(=O)OC)N(Cc3ccccc3)[C@H]21.C/C=C\c1ccc2n(c1=O)C[C@@H]1[C@@H](CO)[C@H](C(=O)OC)N(Cc3ccccc3)[C@H]21. The van der Waals surface area contributed by atoms with E-state index in [1.54, 1.807) is 9.13 Å². The third-order valence-corrected chi connectivity index (χ3v) is 12.4. The van der Waals surface area contributed by atoms with Crippen LogP contribution in [-0.2, 0) is 45.2 Å². The zero-order valence-electron chi connectivity index (χ0n) is 33.4. The van der Waals surface area contributed by atoms with Crippen LogP contribution in [0.2, 0.25) is 0 Å². The maximum atomic E-state index is 13.0. The normalized spacial score (nSPS) is 25.9. The molecule has 8 rings (SSSR count). The smallest absolute Gasteiger partial charge is 0.323 e. The van der Waals surface area contributed by atoms with E-state index in [1.807, 2.05) is 123 Å². The number of pyridine rings is 2. The summed E-state index contributed by atoms with van der Waals surface area (Å²) in [5.74, 6) is -1.31. The predicted octanol–water partition coefficient (Wildman–Crippen LogP) is 4.44. The zero-order chi connectivity index (χ0) is 41.1. The molecule has 0 amide bonds. The van der Waals surface area contributed by atoms with Crippen molar-refractivity contribution in [1.82, 2.24) is 18.9 Å². The highest BCUT2D eigenvalue weighted by molar-refractivity contribution is 5.77. The van der Waals surface area contributed by atoms with Crippen LogP contribution < -0.4 is 11.1 Å². The number of aliphatic hydroxyl groups is 2. The lowest BCUT2D eigenvalue weighted by molar-refractivity contribution is -0.149. The lowest BCUT2D eigenvalue weighted by Gasteiger charge is -2.29. The average molecular weight is 789 g/mol. The fourth-order valence-corrected chi connectivity index (χ4v) is 9.98. The van der Waals surface area contributed by atoms with Crippen molar-refractivity contribution < 1.29 is 29.3 Å². The Kier molecular flexibility index (Phi) is 12.4. The molecule has 0 aliphatic carbocycles. The Morgan fingerprint density at radius 2 is 1.00 bits per heavy atom. The van der Waals surface area contributed by atoms with Gasteiger partial charge in [-0.25, -0.2) is 0 Å². The first kappa shape index (κ1) is 40.8. The topological polar surface area (TPSA) is 144 Å². The van der Waals surface area contributed by atoms with Crippen molar-refractivity contribution in [2.45, 2.75) is 64.2 Å². The second kappa shape index (κ2) is 17.6. The number of carbonyl (C=O) groups excluding carboxylic acids is 2. The van der Waals surface area contributed by atoms with Gasteiger partial charge in [-0.05, 0) is 49.2 Å². The standard InChI is InChI=1S/2C23H26N2O4/c2*1-3-7-16-10-11-19-20-17(13-24(19)22(16)27)18(14-26)21(23(28)29-2)25(20)12-15-8-5-4-6-9-15/h2*3-11,17-18,20-21,26H,12-14H2,1-2H3/b7-3+;7-3-/t2*17-,18-,20+,21-/m11/s1. The van der Waals surface area contributed by atoms with Gasteiger partial charge in [-0.15, -0.1) is 0 Å². The van der Waals surface area contributed by atoms with Gasteiger partial charge >= 0.3 is 11.9 Å². The number of aliphatic hydroxyl groups excluding tert-OH is 2. The summed E-state index contributed by atoms with van der Waals surface area (Å²) in [7, 11) is 2.76. The van der Waals surface area contributed by atoms with Gasteiger partial charge in [0.1, 0.15) is 12.1 Å². The number of allylic oxidation sites excluding steroid dienone is 2. The van der Waals surface area contributed by atoms with Crippen molar-refractivity contribution in [3.05, 3.63) is 151 Å². The van der Waals surface area contributed by atoms with Gasteiger partial charge in [0.2, 0.25) is 0 Å². The maximum absolute atomic E-state index is 13.0. The molecule has 0 radical (unpaired) electrons. The van der Waals surface area contributed by atoms with Crippen LogP contribution >= 0.6 is 0 Å². The molecular weight excluding hydrogens is 737 g/mol. The number of fused-ring (bicyclic) bond motifs is 6. The second-order valence-electron chi connectivity index (χ2n) is 15.4. The molecule has 12 nitrogen and oxygen atoms in total. The lowest BCUT2D eigenvalue weighted by atomic mass is 9.88. The molecule has 8 atom stereocenters. The Bertz CT molecular complexity index is 2130. The minimum absolute atomic E-state index is 0.0265. The molecule has 0 unspecified atom stereocenters. The summed E-state index contributed by atoms with van der Waals surface area (Å²) in [6, 6.07) is 26.2. The molecule has 2 N–H and O–H groups in total. The quantitative estimate of drug-likeness (QED) is 0.222. The molecule has 2 aromatic heterocycles. The Morgan fingerprint density at radius 3 is 1.33 bits per heavy atom. The van der Waals surface area contributed by atoms with E-state index < -0.39 is 12.1 Å². The number of carbonyl (C=O) groups is 2. The average Bonchev–Trinajstić information content (AvgIpc) is 3.98. The number of hydrogen-bond acceptors (Lipinski definition) is 10. The molecule has 4 aliphatic heterocycles. The van der Waals surface area contributed by atoms with Crippen LogP contribution in [0.1, 0.15) is 59.6 Å². The van der Waals surface area contributed by atoms with Crippen molar-refractivity contribution in [1.29, 1.82) is 0 Å². The molecule has 0 saturated carbocycles. The molecule has 2 fully saturated rings. The van der Waals surface area contributed by atoms with Crippen LogP contribution in [-0.4, -0.2) is 80.6 Å². The van der Waals surface area contributed by atoms with Gasteiger partial charge in [-0.2, -0.15) is 0 Å². The fraction of sp³-hybridized carbons (Fsp3) is 0.391. The van der Waals surface area contributed by atoms with Gasteiger partial charge in [-0.1, -0.05) is 85.0 Å². The van der Waals surface area contributed by atoms with Gasteiger partial charge in [0, 0.05) is 85.6 Å². The van der Waals surface area contributed by atoms with Crippen molar-refractivity contribution in [3.8, 4) is 0 Å². The van der Waals surface area contributed by atoms with Crippen LogP contribution in [0.15, 0.2) is 107 Å². The van der Waals surface area contributed by atoms with Crippen molar-refractivity contribution >= 4 is 24.1 Å². The minimum atomic E-state index is -0.542. The summed E-state index contributed by atoms with van der Waals surface area (Å²) >= 11 is 0. The third-order valence-electron chi connectivity index (χ3n) is 12.4. The first-order valence-electron chi connectivity index (χ1n) is 19.9. The minimum Gasteiger partial charge on any atom is -0.468 e. The highest BCUT2D eigenvalue weighted by Crippen LogP contribution is 2.51. The number of ether oxygens (including phenoxy) is 2. The van der Waals surface area contributed by atoms with E-state index in [9.17, 15) is 29.4 Å². The van der Waals surface area contributed by atoms with Crippen LogP contribution in [0.3, 0.4) is 0 Å². The first-order chi connectivity index (χ1) is 28.2. The number of benzene rings is 2. The molecular formula is C46H52N4O8. The summed E-state index contributed by atoms with van der Waals surface area (Å²) in [5, 5.41) is 20.3. The van der Waals surface area contributed by atoms with Crippen LogP contribution in [0.4, 0.5) is 0 Å². The Balaban J connectivity index is 0.000000177. The Hall–Kier alpha value is -5.40. The molecule has 0 bridgehead atoms. The lowest BCUT2D eigenvalue weighted by Crippen LogP contribution is -2.43. The molecule has 2 aromatic carbocycles. The largest absolute Gasteiger partial charge is 0.468 e. The number of rotatable bonds is 10. The van der Waals surface area contributed by atoms with E-state index in [0.29, 0.717) is 37.3 Å². The molecule has 12 heteroatoms.